The number of amides is 1. The molecular formula is C53H107NO4. The standard InChI is InChI=1S/C53H107NO4/c1-3-5-7-9-11-13-15-16-17-18-19-20-21-22-23-24-25-26-27-28-29-30-31-32-33-34-35-36-38-40-42-44-46-48-52(57)54-50(49-55)53(58)51(56)47-45-43-41-39-37-14-12-10-8-6-4-2/h50-51,53,55-56,58H,3-49H2,1-2H3,(H,54,57). The summed E-state index contributed by atoms with van der Waals surface area (Å²) in [6, 6.07) is -0.802. The van der Waals surface area contributed by atoms with Crippen molar-refractivity contribution in [1.82, 2.24) is 5.32 Å². The van der Waals surface area contributed by atoms with Gasteiger partial charge in [0.15, 0.2) is 0 Å². The van der Waals surface area contributed by atoms with Crippen LogP contribution in [0.1, 0.15) is 309 Å². The third kappa shape index (κ3) is 43.4. The van der Waals surface area contributed by atoms with Crippen molar-refractivity contribution >= 4 is 5.91 Å². The summed E-state index contributed by atoms with van der Waals surface area (Å²) in [6.07, 6.45) is 58.4. The highest BCUT2D eigenvalue weighted by Gasteiger charge is 2.26. The molecule has 0 aliphatic heterocycles. The van der Waals surface area contributed by atoms with Crippen molar-refractivity contribution in [1.29, 1.82) is 0 Å². The third-order valence-electron chi connectivity index (χ3n) is 13.0. The maximum absolute atomic E-state index is 12.5. The van der Waals surface area contributed by atoms with Crippen molar-refractivity contribution in [3.63, 3.8) is 0 Å². The number of aliphatic hydroxyl groups excluding tert-OH is 3. The van der Waals surface area contributed by atoms with E-state index in [2.05, 4.69) is 19.2 Å². The number of carbonyl (C=O) groups is 1. The molecule has 0 fully saturated rings. The molecule has 0 spiro atoms. The Morgan fingerprint density at radius 1 is 0.362 bits per heavy atom. The molecule has 0 aromatic carbocycles. The quantitative estimate of drug-likeness (QED) is 0.0460. The smallest absolute Gasteiger partial charge is 0.220 e. The normalized spacial score (nSPS) is 13.3. The molecule has 3 unspecified atom stereocenters. The molecule has 3 atom stereocenters. The van der Waals surface area contributed by atoms with E-state index in [0.29, 0.717) is 12.8 Å². The Labute approximate surface area is 364 Å². The zero-order valence-corrected chi connectivity index (χ0v) is 39.7. The van der Waals surface area contributed by atoms with E-state index in [1.54, 1.807) is 0 Å². The zero-order valence-electron chi connectivity index (χ0n) is 39.7. The highest BCUT2D eigenvalue weighted by atomic mass is 16.3. The second-order valence-corrected chi connectivity index (χ2v) is 18.8. The maximum atomic E-state index is 12.5. The van der Waals surface area contributed by atoms with Crippen LogP contribution in [0.2, 0.25) is 0 Å². The molecule has 1 amide bonds. The predicted octanol–water partition coefficient (Wildman–Crippen LogP) is 16.2. The first-order valence-electron chi connectivity index (χ1n) is 26.8. The predicted molar refractivity (Wildman–Crippen MR) is 255 cm³/mol. The first kappa shape index (κ1) is 57.3. The van der Waals surface area contributed by atoms with E-state index in [4.69, 9.17) is 0 Å². The minimum absolute atomic E-state index is 0.138. The van der Waals surface area contributed by atoms with Gasteiger partial charge in [0.2, 0.25) is 5.91 Å². The lowest BCUT2D eigenvalue weighted by atomic mass is 9.99. The molecular weight excluding hydrogens is 715 g/mol. The van der Waals surface area contributed by atoms with Gasteiger partial charge >= 0.3 is 0 Å². The fourth-order valence-corrected chi connectivity index (χ4v) is 8.81. The fraction of sp³-hybridized carbons (Fsp3) is 0.981. The van der Waals surface area contributed by atoms with Gasteiger partial charge in [0.05, 0.1) is 18.8 Å². The van der Waals surface area contributed by atoms with Crippen molar-refractivity contribution in [2.45, 2.75) is 327 Å². The number of nitrogens with one attached hydrogen (secondary N) is 1. The molecule has 0 aromatic heterocycles. The van der Waals surface area contributed by atoms with Crippen molar-refractivity contribution in [2.75, 3.05) is 6.61 Å². The van der Waals surface area contributed by atoms with Crippen molar-refractivity contribution in [2.24, 2.45) is 0 Å². The van der Waals surface area contributed by atoms with E-state index < -0.39 is 18.2 Å². The van der Waals surface area contributed by atoms with Gasteiger partial charge in [0.25, 0.3) is 0 Å². The van der Waals surface area contributed by atoms with E-state index in [9.17, 15) is 20.1 Å². The van der Waals surface area contributed by atoms with Crippen LogP contribution in [0.4, 0.5) is 0 Å². The zero-order chi connectivity index (χ0) is 42.3. The summed E-state index contributed by atoms with van der Waals surface area (Å²) >= 11 is 0. The Kier molecular flexibility index (Phi) is 48.5. The van der Waals surface area contributed by atoms with Gasteiger partial charge in [-0.2, -0.15) is 0 Å². The van der Waals surface area contributed by atoms with Gasteiger partial charge in [-0.15, -0.1) is 0 Å². The summed E-state index contributed by atoms with van der Waals surface area (Å²) in [5.74, 6) is -0.138. The van der Waals surface area contributed by atoms with Crippen LogP contribution in [0.3, 0.4) is 0 Å². The molecule has 0 radical (unpaired) electrons. The molecule has 5 heteroatoms. The Morgan fingerprint density at radius 2 is 0.586 bits per heavy atom. The Hall–Kier alpha value is -0.650. The molecule has 5 nitrogen and oxygen atoms in total. The van der Waals surface area contributed by atoms with Crippen LogP contribution in [-0.2, 0) is 4.79 Å². The molecule has 0 aromatic rings. The summed E-state index contributed by atoms with van der Waals surface area (Å²) in [5, 5.41) is 33.5. The number of carbonyl (C=O) groups excluding carboxylic acids is 1. The number of hydrogen-bond donors (Lipinski definition) is 4. The highest BCUT2D eigenvalue weighted by molar-refractivity contribution is 5.76. The molecule has 0 aliphatic carbocycles. The topological polar surface area (TPSA) is 89.8 Å². The second-order valence-electron chi connectivity index (χ2n) is 18.8. The molecule has 0 saturated heterocycles. The van der Waals surface area contributed by atoms with Gasteiger partial charge in [-0.1, -0.05) is 290 Å². The molecule has 0 bridgehead atoms. The first-order valence-corrected chi connectivity index (χ1v) is 26.8. The summed E-state index contributed by atoms with van der Waals surface area (Å²) in [4.78, 5) is 12.5. The van der Waals surface area contributed by atoms with Gasteiger partial charge in [-0.05, 0) is 12.8 Å². The SMILES string of the molecule is CCCCCCCCCCCCCCCCCCCCCCCCCCCCCCCCCCCC(=O)NC(CO)C(O)C(O)CCCCCCCCCCCCC. The molecule has 0 heterocycles. The molecule has 0 aliphatic rings. The van der Waals surface area contributed by atoms with E-state index in [0.717, 1.165) is 38.5 Å². The van der Waals surface area contributed by atoms with Crippen molar-refractivity contribution in [3.8, 4) is 0 Å². The fourth-order valence-electron chi connectivity index (χ4n) is 8.81. The Bertz CT molecular complexity index is 777. The minimum Gasteiger partial charge on any atom is -0.394 e. The lowest BCUT2D eigenvalue weighted by molar-refractivity contribution is -0.124. The molecule has 0 saturated carbocycles. The average Bonchev–Trinajstić information content (AvgIpc) is 3.23. The van der Waals surface area contributed by atoms with E-state index in [1.807, 2.05) is 0 Å². The maximum Gasteiger partial charge on any atom is 0.220 e. The summed E-state index contributed by atoms with van der Waals surface area (Å²) in [5.41, 5.74) is 0. The average molecular weight is 822 g/mol. The van der Waals surface area contributed by atoms with E-state index in [-0.39, 0.29) is 12.5 Å². The largest absolute Gasteiger partial charge is 0.394 e. The molecule has 58 heavy (non-hydrogen) atoms. The van der Waals surface area contributed by atoms with Gasteiger partial charge < -0.3 is 20.6 Å². The lowest BCUT2D eigenvalue weighted by Gasteiger charge is -2.26. The van der Waals surface area contributed by atoms with Crippen LogP contribution >= 0.6 is 0 Å². The van der Waals surface area contributed by atoms with Crippen LogP contribution < -0.4 is 5.32 Å². The first-order chi connectivity index (χ1) is 28.6. The lowest BCUT2D eigenvalue weighted by Crippen LogP contribution is -2.50. The van der Waals surface area contributed by atoms with Crippen LogP contribution in [0.25, 0.3) is 0 Å². The minimum atomic E-state index is -1.13. The highest BCUT2D eigenvalue weighted by Crippen LogP contribution is 2.18. The Balaban J connectivity index is 3.40. The number of rotatable bonds is 50. The van der Waals surface area contributed by atoms with Gasteiger partial charge in [0.1, 0.15) is 6.10 Å². The van der Waals surface area contributed by atoms with E-state index >= 15 is 0 Å². The van der Waals surface area contributed by atoms with Crippen LogP contribution in [0, 0.1) is 0 Å². The molecule has 0 rings (SSSR count). The van der Waals surface area contributed by atoms with E-state index in [1.165, 1.54) is 244 Å². The number of hydrogen-bond acceptors (Lipinski definition) is 4. The van der Waals surface area contributed by atoms with Gasteiger partial charge in [-0.3, -0.25) is 4.79 Å². The third-order valence-corrected chi connectivity index (χ3v) is 13.0. The van der Waals surface area contributed by atoms with Crippen LogP contribution in [-0.4, -0.2) is 46.1 Å². The molecule has 4 N–H and O–H groups in total. The van der Waals surface area contributed by atoms with Gasteiger partial charge in [0, 0.05) is 6.42 Å². The van der Waals surface area contributed by atoms with Gasteiger partial charge in [-0.25, -0.2) is 0 Å². The van der Waals surface area contributed by atoms with Crippen molar-refractivity contribution < 1.29 is 20.1 Å². The monoisotopic (exact) mass is 822 g/mol. The van der Waals surface area contributed by atoms with Crippen LogP contribution in [0.5, 0.6) is 0 Å². The summed E-state index contributed by atoms with van der Waals surface area (Å²) in [6.45, 7) is 4.20. The number of aliphatic hydroxyl groups is 3. The Morgan fingerprint density at radius 3 is 0.828 bits per heavy atom. The van der Waals surface area contributed by atoms with Crippen LogP contribution in [0.15, 0.2) is 0 Å². The van der Waals surface area contributed by atoms with Crippen molar-refractivity contribution in [3.05, 3.63) is 0 Å². The number of unbranched alkanes of at least 4 members (excludes halogenated alkanes) is 42. The molecule has 348 valence electrons. The summed E-state index contributed by atoms with van der Waals surface area (Å²) < 4.78 is 0. The second kappa shape index (κ2) is 49.0. The summed E-state index contributed by atoms with van der Waals surface area (Å²) in [7, 11) is 0.